The van der Waals surface area contributed by atoms with Crippen LogP contribution < -0.4 is 5.32 Å². The summed E-state index contributed by atoms with van der Waals surface area (Å²) in [5, 5.41) is 3.33. The fourth-order valence-electron chi connectivity index (χ4n) is 3.43. The molecule has 3 rings (SSSR count). The van der Waals surface area contributed by atoms with Crippen molar-refractivity contribution >= 4 is 5.95 Å². The number of imidazole rings is 1. The lowest BCUT2D eigenvalue weighted by atomic mass is 9.99. The lowest BCUT2D eigenvalue weighted by Crippen LogP contribution is -2.37. The van der Waals surface area contributed by atoms with Crippen molar-refractivity contribution in [1.29, 1.82) is 0 Å². The van der Waals surface area contributed by atoms with Gasteiger partial charge in [-0.05, 0) is 25.8 Å². The molecule has 4 nitrogen and oxygen atoms in total. The highest BCUT2D eigenvalue weighted by atomic mass is 15.3. The van der Waals surface area contributed by atoms with Gasteiger partial charge in [-0.2, -0.15) is 0 Å². The minimum absolute atomic E-state index is 0.597. The lowest BCUT2D eigenvalue weighted by molar-refractivity contribution is 0.174. The predicted octanol–water partition coefficient (Wildman–Crippen LogP) is 2.28. The number of nitrogens with one attached hydrogen (secondary N) is 1. The van der Waals surface area contributed by atoms with Crippen molar-refractivity contribution in [2.75, 3.05) is 25.0 Å². The van der Waals surface area contributed by atoms with Crippen LogP contribution in [0.1, 0.15) is 31.7 Å². The largest absolute Gasteiger partial charge is 0.352 e. The van der Waals surface area contributed by atoms with Crippen LogP contribution in [0.15, 0.2) is 25.0 Å². The first-order valence-electron chi connectivity index (χ1n) is 7.02. The minimum atomic E-state index is 0.597. The number of rotatable bonds is 4. The van der Waals surface area contributed by atoms with E-state index in [9.17, 15) is 0 Å². The fraction of sp³-hybridized carbons (Fsp3) is 0.643. The molecule has 0 bridgehead atoms. The van der Waals surface area contributed by atoms with Gasteiger partial charge in [0.2, 0.25) is 5.95 Å². The Labute approximate surface area is 109 Å². The zero-order valence-corrected chi connectivity index (χ0v) is 10.9. The fourth-order valence-corrected chi connectivity index (χ4v) is 3.43. The molecule has 0 amide bonds. The van der Waals surface area contributed by atoms with Crippen LogP contribution in [0.25, 0.3) is 0 Å². The van der Waals surface area contributed by atoms with Crippen molar-refractivity contribution < 1.29 is 0 Å². The Morgan fingerprint density at radius 3 is 3.17 bits per heavy atom. The molecule has 2 aliphatic rings. The summed E-state index contributed by atoms with van der Waals surface area (Å²) in [5.41, 5.74) is 0. The predicted molar refractivity (Wildman–Crippen MR) is 73.8 cm³/mol. The Morgan fingerprint density at radius 2 is 2.28 bits per heavy atom. The second-order valence-corrected chi connectivity index (χ2v) is 5.28. The molecule has 2 aliphatic heterocycles. The van der Waals surface area contributed by atoms with Gasteiger partial charge in [-0.3, -0.25) is 4.90 Å². The van der Waals surface area contributed by atoms with Crippen LogP contribution in [-0.2, 0) is 0 Å². The van der Waals surface area contributed by atoms with Crippen molar-refractivity contribution in [2.45, 2.75) is 37.8 Å². The molecule has 0 saturated carbocycles. The molecule has 18 heavy (non-hydrogen) atoms. The average molecular weight is 246 g/mol. The smallest absolute Gasteiger partial charge is 0.203 e. The molecule has 0 aromatic carbocycles. The molecule has 4 heteroatoms. The third-order valence-electron chi connectivity index (χ3n) is 4.25. The molecule has 0 aliphatic carbocycles. The van der Waals surface area contributed by atoms with Crippen molar-refractivity contribution in [3.8, 4) is 0 Å². The summed E-state index contributed by atoms with van der Waals surface area (Å²) in [6.45, 7) is 7.05. The van der Waals surface area contributed by atoms with Crippen molar-refractivity contribution in [3.63, 3.8) is 0 Å². The van der Waals surface area contributed by atoms with Gasteiger partial charge in [0.15, 0.2) is 0 Å². The Kier molecular flexibility index (Phi) is 3.37. The normalized spacial score (nSPS) is 28.0. The molecule has 1 N–H and O–H groups in total. The van der Waals surface area contributed by atoms with E-state index in [-0.39, 0.29) is 0 Å². The molecule has 2 unspecified atom stereocenters. The maximum atomic E-state index is 4.42. The minimum Gasteiger partial charge on any atom is -0.352 e. The van der Waals surface area contributed by atoms with E-state index in [2.05, 4.69) is 32.5 Å². The maximum Gasteiger partial charge on any atom is 0.203 e. The highest BCUT2D eigenvalue weighted by Crippen LogP contribution is 2.36. The third kappa shape index (κ3) is 2.05. The zero-order chi connectivity index (χ0) is 12.4. The number of piperidine rings is 1. The van der Waals surface area contributed by atoms with Crippen molar-refractivity contribution in [1.82, 2.24) is 14.5 Å². The second kappa shape index (κ2) is 5.14. The number of hydrogen-bond donors (Lipinski definition) is 1. The molecule has 1 aromatic rings. The molecule has 2 fully saturated rings. The summed E-state index contributed by atoms with van der Waals surface area (Å²) in [6, 6.07) is 1.32. The van der Waals surface area contributed by atoms with E-state index in [4.69, 9.17) is 0 Å². The summed E-state index contributed by atoms with van der Waals surface area (Å²) < 4.78 is 2.33. The van der Waals surface area contributed by atoms with Crippen LogP contribution in [0.5, 0.6) is 0 Å². The first-order chi connectivity index (χ1) is 8.90. The average Bonchev–Trinajstić information content (AvgIpc) is 3.02. The van der Waals surface area contributed by atoms with E-state index in [0.717, 1.165) is 18.5 Å². The van der Waals surface area contributed by atoms with Gasteiger partial charge in [-0.15, -0.1) is 6.58 Å². The van der Waals surface area contributed by atoms with Gasteiger partial charge in [-0.1, -0.05) is 12.5 Å². The highest BCUT2D eigenvalue weighted by molar-refractivity contribution is 5.28. The number of fused-ring (bicyclic) bond motifs is 1. The standard InChI is InChI=1S/C14H22N4/c1-2-7-15-14-16-8-11-18(14)13-6-10-17-9-4-3-5-12(13)17/h2,8,11-13H,1,3-7,9-10H2,(H,15,16). The van der Waals surface area contributed by atoms with Crippen LogP contribution in [0.2, 0.25) is 0 Å². The van der Waals surface area contributed by atoms with Gasteiger partial charge >= 0.3 is 0 Å². The molecule has 2 atom stereocenters. The van der Waals surface area contributed by atoms with Gasteiger partial charge in [-0.25, -0.2) is 4.98 Å². The molecule has 0 radical (unpaired) electrons. The van der Waals surface area contributed by atoms with Gasteiger partial charge in [0.1, 0.15) is 0 Å². The number of aromatic nitrogens is 2. The molecule has 1 aromatic heterocycles. The first kappa shape index (κ1) is 11.8. The third-order valence-corrected chi connectivity index (χ3v) is 4.25. The number of anilines is 1. The van der Waals surface area contributed by atoms with Crippen LogP contribution in [0.3, 0.4) is 0 Å². The van der Waals surface area contributed by atoms with Gasteiger partial charge < -0.3 is 9.88 Å². The van der Waals surface area contributed by atoms with Crippen LogP contribution in [0.4, 0.5) is 5.95 Å². The van der Waals surface area contributed by atoms with Gasteiger partial charge in [0.25, 0.3) is 0 Å². The van der Waals surface area contributed by atoms with E-state index in [1.165, 1.54) is 38.8 Å². The molecule has 98 valence electrons. The van der Waals surface area contributed by atoms with E-state index < -0.39 is 0 Å². The first-order valence-corrected chi connectivity index (χ1v) is 7.02. The lowest BCUT2D eigenvalue weighted by Gasteiger charge is -2.33. The maximum absolute atomic E-state index is 4.42. The van der Waals surface area contributed by atoms with Crippen molar-refractivity contribution in [2.24, 2.45) is 0 Å². The SMILES string of the molecule is C=CCNc1nccn1C1CCN2CCCCC12. The van der Waals surface area contributed by atoms with E-state index in [0.29, 0.717) is 6.04 Å². The van der Waals surface area contributed by atoms with E-state index in [1.54, 1.807) is 0 Å². The zero-order valence-electron chi connectivity index (χ0n) is 10.9. The molecule has 3 heterocycles. The van der Waals surface area contributed by atoms with Crippen molar-refractivity contribution in [3.05, 3.63) is 25.0 Å². The van der Waals surface area contributed by atoms with Gasteiger partial charge in [0.05, 0.1) is 6.04 Å². The Balaban J connectivity index is 1.77. The highest BCUT2D eigenvalue weighted by Gasteiger charge is 2.37. The summed E-state index contributed by atoms with van der Waals surface area (Å²) in [4.78, 5) is 7.08. The molecule has 2 saturated heterocycles. The summed E-state index contributed by atoms with van der Waals surface area (Å²) in [5.74, 6) is 0.993. The second-order valence-electron chi connectivity index (χ2n) is 5.28. The Hall–Kier alpha value is -1.29. The van der Waals surface area contributed by atoms with Crippen LogP contribution >= 0.6 is 0 Å². The van der Waals surface area contributed by atoms with Crippen LogP contribution in [0, 0.1) is 0 Å². The van der Waals surface area contributed by atoms with E-state index >= 15 is 0 Å². The summed E-state index contributed by atoms with van der Waals surface area (Å²) >= 11 is 0. The van der Waals surface area contributed by atoms with E-state index in [1.807, 2.05) is 12.3 Å². The monoisotopic (exact) mass is 246 g/mol. The molecule has 0 spiro atoms. The summed E-state index contributed by atoms with van der Waals surface area (Å²) in [6.07, 6.45) is 11.2. The molecular weight excluding hydrogens is 224 g/mol. The summed E-state index contributed by atoms with van der Waals surface area (Å²) in [7, 11) is 0. The van der Waals surface area contributed by atoms with Gasteiger partial charge in [0, 0.05) is 31.5 Å². The quantitative estimate of drug-likeness (QED) is 0.827. The topological polar surface area (TPSA) is 33.1 Å². The molecular formula is C14H22N4. The Bertz CT molecular complexity index is 412. The number of nitrogens with zero attached hydrogens (tertiary/aromatic N) is 3. The Morgan fingerprint density at radius 1 is 1.33 bits per heavy atom. The van der Waals surface area contributed by atoms with Crippen LogP contribution in [-0.4, -0.2) is 40.1 Å². The number of hydrogen-bond acceptors (Lipinski definition) is 3.